The quantitative estimate of drug-likeness (QED) is 0.536. The van der Waals surface area contributed by atoms with E-state index < -0.39 is 0 Å². The van der Waals surface area contributed by atoms with Gasteiger partial charge in [0.15, 0.2) is 5.82 Å². The Morgan fingerprint density at radius 3 is 2.70 bits per heavy atom. The molecule has 0 atom stereocenters. The Kier molecular flexibility index (Phi) is 7.41. The molecule has 0 saturated heterocycles. The molecule has 0 saturated carbocycles. The summed E-state index contributed by atoms with van der Waals surface area (Å²) < 4.78 is 5.05. The number of hydrogen-bond acceptors (Lipinski definition) is 7. The average Bonchev–Trinajstić information content (AvgIpc) is 2.74. The number of ether oxygens (including phenoxy) is 1. The number of benzene rings is 1. The van der Waals surface area contributed by atoms with E-state index in [1.165, 1.54) is 7.11 Å². The number of esters is 1. The van der Waals surface area contributed by atoms with Crippen LogP contribution in [-0.2, 0) is 22.4 Å². The number of nitrogens with two attached hydrogens (primary N) is 1. The van der Waals surface area contributed by atoms with Gasteiger partial charge in [-0.15, -0.1) is 0 Å². The highest BCUT2D eigenvalue weighted by Gasteiger charge is 2.24. The highest BCUT2D eigenvalue weighted by Crippen LogP contribution is 2.28. The number of fused-ring (bicyclic) bond motifs is 1. The fourth-order valence-corrected chi connectivity index (χ4v) is 3.49. The molecule has 0 amide bonds. The number of nitrogens with one attached hydrogen (secondary N) is 1. The maximum Gasteiger partial charge on any atom is 0.335 e. The molecule has 0 unspecified atom stereocenters. The van der Waals surface area contributed by atoms with Gasteiger partial charge in [-0.1, -0.05) is 30.3 Å². The van der Waals surface area contributed by atoms with Crippen molar-refractivity contribution in [3.8, 4) is 11.4 Å². The second kappa shape index (κ2) is 10.2. The summed E-state index contributed by atoms with van der Waals surface area (Å²) in [4.78, 5) is 24.4. The molecule has 0 aliphatic carbocycles. The van der Waals surface area contributed by atoms with Crippen molar-refractivity contribution < 1.29 is 9.53 Å². The first-order chi connectivity index (χ1) is 14.5. The van der Waals surface area contributed by atoms with Gasteiger partial charge in [-0.3, -0.25) is 0 Å². The molecule has 3 N–H and O–H groups in total. The number of methoxy groups -OCH3 is 1. The monoisotopic (exact) mass is 409 g/mol. The summed E-state index contributed by atoms with van der Waals surface area (Å²) in [6.07, 6.45) is 3.95. The molecule has 0 fully saturated rings. The van der Waals surface area contributed by atoms with Crippen LogP contribution in [0.2, 0.25) is 0 Å². The summed E-state index contributed by atoms with van der Waals surface area (Å²) in [6.45, 7) is 6.30. The first-order valence-corrected chi connectivity index (χ1v) is 10.5. The van der Waals surface area contributed by atoms with E-state index in [2.05, 4.69) is 24.1 Å². The molecule has 1 aromatic carbocycles. The highest BCUT2D eigenvalue weighted by molar-refractivity contribution is 5.89. The maximum atomic E-state index is 12.5. The smallest absolute Gasteiger partial charge is 0.335 e. The van der Waals surface area contributed by atoms with Crippen LogP contribution in [0.4, 0.5) is 5.82 Å². The highest BCUT2D eigenvalue weighted by atomic mass is 16.5. The minimum absolute atomic E-state index is 0.267. The van der Waals surface area contributed by atoms with Gasteiger partial charge >= 0.3 is 5.97 Å². The zero-order valence-corrected chi connectivity index (χ0v) is 18.0. The summed E-state index contributed by atoms with van der Waals surface area (Å²) in [6, 6.07) is 10.2. The van der Waals surface area contributed by atoms with E-state index >= 15 is 0 Å². The summed E-state index contributed by atoms with van der Waals surface area (Å²) in [5, 5.41) is 3.42. The number of aromatic nitrogens is 2. The fraction of sp³-hybridized carbons (Fsp3) is 0.435. The third kappa shape index (κ3) is 5.16. The van der Waals surface area contributed by atoms with Crippen molar-refractivity contribution in [1.29, 1.82) is 0 Å². The van der Waals surface area contributed by atoms with E-state index in [0.717, 1.165) is 42.0 Å². The Morgan fingerprint density at radius 2 is 2.03 bits per heavy atom. The largest absolute Gasteiger partial charge is 0.466 e. The average molecular weight is 410 g/mol. The molecule has 3 rings (SSSR count). The van der Waals surface area contributed by atoms with Crippen LogP contribution in [0.15, 0.2) is 42.1 Å². The van der Waals surface area contributed by atoms with Crippen LogP contribution < -0.4 is 11.1 Å². The lowest BCUT2D eigenvalue weighted by Crippen LogP contribution is -2.31. The van der Waals surface area contributed by atoms with Crippen LogP contribution in [0.25, 0.3) is 11.4 Å². The Hall–Kier alpha value is -2.93. The van der Waals surface area contributed by atoms with Gasteiger partial charge in [0.25, 0.3) is 0 Å². The number of nitrogens with zero attached hydrogens (tertiary/aromatic N) is 3. The van der Waals surface area contributed by atoms with Gasteiger partial charge in [0.05, 0.1) is 18.4 Å². The number of carbonyl (C=O) groups excluding carboxylic acids is 1. The number of anilines is 1. The molecule has 160 valence electrons. The van der Waals surface area contributed by atoms with Crippen LogP contribution in [0.3, 0.4) is 0 Å². The van der Waals surface area contributed by atoms with Gasteiger partial charge in [-0.25, -0.2) is 14.8 Å². The fourth-order valence-electron chi connectivity index (χ4n) is 3.49. The lowest BCUT2D eigenvalue weighted by atomic mass is 9.99. The van der Waals surface area contributed by atoms with E-state index in [-0.39, 0.29) is 12.0 Å². The molecule has 1 aromatic heterocycles. The first-order valence-electron chi connectivity index (χ1n) is 10.5. The van der Waals surface area contributed by atoms with Gasteiger partial charge in [-0.2, -0.15) is 0 Å². The van der Waals surface area contributed by atoms with Crippen molar-refractivity contribution in [2.24, 2.45) is 5.73 Å². The van der Waals surface area contributed by atoms with Gasteiger partial charge in [-0.05, 0) is 26.8 Å². The topological polar surface area (TPSA) is 93.4 Å². The predicted molar refractivity (Wildman–Crippen MR) is 119 cm³/mol. The van der Waals surface area contributed by atoms with Crippen molar-refractivity contribution in [3.05, 3.63) is 53.4 Å². The van der Waals surface area contributed by atoms with Crippen LogP contribution in [0, 0.1) is 0 Å². The van der Waals surface area contributed by atoms with Crippen LogP contribution in [0.1, 0.15) is 31.5 Å². The zero-order chi connectivity index (χ0) is 21.5. The molecule has 2 aromatic rings. The Labute approximate surface area is 178 Å². The molecule has 7 nitrogen and oxygen atoms in total. The van der Waals surface area contributed by atoms with E-state index in [1.54, 1.807) is 0 Å². The summed E-state index contributed by atoms with van der Waals surface area (Å²) >= 11 is 0. The first kappa shape index (κ1) is 21.8. The van der Waals surface area contributed by atoms with Crippen LogP contribution >= 0.6 is 0 Å². The molecule has 0 spiro atoms. The van der Waals surface area contributed by atoms with Crippen LogP contribution in [-0.4, -0.2) is 53.6 Å². The van der Waals surface area contributed by atoms with Crippen molar-refractivity contribution in [2.45, 2.75) is 39.2 Å². The summed E-state index contributed by atoms with van der Waals surface area (Å²) in [5.41, 5.74) is 9.15. The summed E-state index contributed by atoms with van der Waals surface area (Å²) in [5.74, 6) is 1.12. The van der Waals surface area contributed by atoms with E-state index in [4.69, 9.17) is 20.4 Å². The minimum Gasteiger partial charge on any atom is -0.466 e. The van der Waals surface area contributed by atoms with Crippen molar-refractivity contribution in [3.63, 3.8) is 0 Å². The summed E-state index contributed by atoms with van der Waals surface area (Å²) in [7, 11) is 1.41. The minimum atomic E-state index is -0.325. The van der Waals surface area contributed by atoms with Crippen molar-refractivity contribution >= 4 is 11.8 Å². The van der Waals surface area contributed by atoms with E-state index in [1.807, 2.05) is 36.5 Å². The Morgan fingerprint density at radius 1 is 1.27 bits per heavy atom. The standard InChI is InChI=1S/C23H31N5O2/c1-16(2)28-13-10-20-19(14-18(15-28)23(29)30-3)22(25-12-7-11-24)27-21(26-20)17-8-5-4-6-9-17/h4-6,8-9,15-16H,7,10-14,24H2,1-3H3,(H,25,26,27)/b18-15+. The van der Waals surface area contributed by atoms with Crippen LogP contribution in [0.5, 0.6) is 0 Å². The van der Waals surface area contributed by atoms with Gasteiger partial charge in [0.1, 0.15) is 5.82 Å². The molecular formula is C23H31N5O2. The molecule has 30 heavy (non-hydrogen) atoms. The number of hydrogen-bond donors (Lipinski definition) is 2. The number of carbonyl (C=O) groups is 1. The zero-order valence-electron chi connectivity index (χ0n) is 18.0. The number of rotatable bonds is 7. The molecular weight excluding hydrogens is 378 g/mol. The van der Waals surface area contributed by atoms with E-state index in [0.29, 0.717) is 30.9 Å². The Bertz CT molecular complexity index is 896. The normalized spacial score (nSPS) is 15.6. The van der Waals surface area contributed by atoms with E-state index in [9.17, 15) is 4.79 Å². The lowest BCUT2D eigenvalue weighted by molar-refractivity contribution is -0.136. The second-order valence-electron chi connectivity index (χ2n) is 7.66. The second-order valence-corrected chi connectivity index (χ2v) is 7.66. The van der Waals surface area contributed by atoms with Gasteiger partial charge < -0.3 is 20.7 Å². The Balaban J connectivity index is 2.08. The third-order valence-corrected chi connectivity index (χ3v) is 5.20. The van der Waals surface area contributed by atoms with Crippen molar-refractivity contribution in [1.82, 2.24) is 14.9 Å². The molecule has 0 radical (unpaired) electrons. The predicted octanol–water partition coefficient (Wildman–Crippen LogP) is 2.77. The maximum absolute atomic E-state index is 12.5. The SMILES string of the molecule is COC(=O)/C1=C/N(C(C)C)CCc2nc(-c3ccccc3)nc(NCCCN)c2C1. The molecule has 1 aliphatic rings. The lowest BCUT2D eigenvalue weighted by Gasteiger charge is -2.29. The molecule has 7 heteroatoms. The van der Waals surface area contributed by atoms with Gasteiger partial charge in [0, 0.05) is 49.3 Å². The van der Waals surface area contributed by atoms with Gasteiger partial charge in [0.2, 0.25) is 0 Å². The molecule has 1 aliphatic heterocycles. The molecule has 0 bridgehead atoms. The third-order valence-electron chi connectivity index (χ3n) is 5.20. The van der Waals surface area contributed by atoms with Crippen molar-refractivity contribution in [2.75, 3.05) is 32.1 Å². The molecule has 2 heterocycles.